The first-order valence-electron chi connectivity index (χ1n) is 9.25. The van der Waals surface area contributed by atoms with Crippen LogP contribution in [-0.2, 0) is 15.0 Å². The van der Waals surface area contributed by atoms with Crippen LogP contribution in [0.3, 0.4) is 0 Å². The predicted molar refractivity (Wildman–Crippen MR) is 106 cm³/mol. The molecule has 0 bridgehead atoms. The Morgan fingerprint density at radius 1 is 1.25 bits per heavy atom. The topological polar surface area (TPSA) is 116 Å². The van der Waals surface area contributed by atoms with Gasteiger partial charge in [-0.15, -0.1) is 0 Å². The van der Waals surface area contributed by atoms with E-state index < -0.39 is 21.2 Å². The highest BCUT2D eigenvalue weighted by Gasteiger charge is 2.33. The lowest BCUT2D eigenvalue weighted by Gasteiger charge is -2.38. The monoisotopic (exact) mass is 413 g/mol. The summed E-state index contributed by atoms with van der Waals surface area (Å²) in [4.78, 5) is 24.7. The van der Waals surface area contributed by atoms with Crippen LogP contribution in [0, 0.1) is 10.1 Å². The van der Waals surface area contributed by atoms with Gasteiger partial charge in [-0.2, -0.15) is 17.0 Å². The molecule has 1 saturated heterocycles. The first kappa shape index (κ1) is 22.2. The Kier molecular flexibility index (Phi) is 7.47. The van der Waals surface area contributed by atoms with E-state index in [0.29, 0.717) is 45.0 Å². The van der Waals surface area contributed by atoms with Crippen molar-refractivity contribution < 1.29 is 18.1 Å². The number of nitro groups is 1. The summed E-state index contributed by atoms with van der Waals surface area (Å²) in [5, 5.41) is 13.5. The molecule has 0 aromatic heterocycles. The highest BCUT2D eigenvalue weighted by molar-refractivity contribution is 7.86. The van der Waals surface area contributed by atoms with Gasteiger partial charge in [-0.3, -0.25) is 19.8 Å². The van der Waals surface area contributed by atoms with Gasteiger partial charge in [0.25, 0.3) is 15.9 Å². The maximum Gasteiger partial charge on any atom is 0.282 e. The van der Waals surface area contributed by atoms with Crippen LogP contribution in [-0.4, -0.2) is 78.1 Å². The Morgan fingerprint density at radius 2 is 1.86 bits per heavy atom. The molecular formula is C17H27N5O5S. The molecule has 1 atom stereocenters. The fourth-order valence-corrected chi connectivity index (χ4v) is 4.75. The number of nitro benzene ring substituents is 1. The van der Waals surface area contributed by atoms with E-state index in [0.717, 1.165) is 0 Å². The second-order valence-electron chi connectivity index (χ2n) is 6.50. The van der Waals surface area contributed by atoms with Crippen LogP contribution in [0.15, 0.2) is 24.3 Å². The maximum absolute atomic E-state index is 12.6. The van der Waals surface area contributed by atoms with Gasteiger partial charge in [-0.25, -0.2) is 0 Å². The van der Waals surface area contributed by atoms with Crippen molar-refractivity contribution in [2.45, 2.75) is 26.8 Å². The Labute approximate surface area is 165 Å². The third-order valence-electron chi connectivity index (χ3n) is 4.88. The van der Waals surface area contributed by atoms with Crippen molar-refractivity contribution >= 4 is 27.5 Å². The number of hydrogen-bond donors (Lipinski definition) is 1. The number of nitrogens with one attached hydrogen (secondary N) is 1. The Hall–Kier alpha value is -2.08. The number of benzene rings is 1. The Morgan fingerprint density at radius 3 is 2.39 bits per heavy atom. The second kappa shape index (κ2) is 9.41. The van der Waals surface area contributed by atoms with E-state index in [1.165, 1.54) is 26.8 Å². The molecule has 10 nitrogen and oxygen atoms in total. The molecule has 0 spiro atoms. The Bertz CT molecular complexity index is 804. The number of nitrogens with zero attached hydrogens (tertiary/aromatic N) is 4. The van der Waals surface area contributed by atoms with Crippen molar-refractivity contribution in [3.05, 3.63) is 34.4 Å². The number of rotatable bonds is 8. The molecule has 1 fully saturated rings. The minimum Gasteiger partial charge on any atom is -0.324 e. The minimum absolute atomic E-state index is 0.0966. The number of amides is 1. The van der Waals surface area contributed by atoms with Gasteiger partial charge in [0, 0.05) is 57.1 Å². The van der Waals surface area contributed by atoms with Crippen LogP contribution < -0.4 is 5.32 Å². The molecule has 1 aliphatic heterocycles. The van der Waals surface area contributed by atoms with Gasteiger partial charge in [0.15, 0.2) is 0 Å². The fourth-order valence-electron chi connectivity index (χ4n) is 3.14. The molecule has 156 valence electrons. The highest BCUT2D eigenvalue weighted by atomic mass is 32.2. The van der Waals surface area contributed by atoms with E-state index in [9.17, 15) is 23.3 Å². The quantitative estimate of drug-likeness (QED) is 0.504. The van der Waals surface area contributed by atoms with E-state index in [-0.39, 0.29) is 11.6 Å². The van der Waals surface area contributed by atoms with Gasteiger partial charge in [-0.1, -0.05) is 19.9 Å². The van der Waals surface area contributed by atoms with E-state index in [1.54, 1.807) is 26.8 Å². The molecule has 0 radical (unpaired) electrons. The van der Waals surface area contributed by atoms with E-state index in [4.69, 9.17) is 0 Å². The number of non-ortho nitro benzene ring substituents is 1. The summed E-state index contributed by atoms with van der Waals surface area (Å²) in [6.45, 7) is 7.67. The summed E-state index contributed by atoms with van der Waals surface area (Å²) in [7, 11) is -3.48. The minimum atomic E-state index is -3.48. The zero-order chi connectivity index (χ0) is 20.9. The third-order valence-corrected chi connectivity index (χ3v) is 7.07. The number of anilines is 1. The zero-order valence-electron chi connectivity index (χ0n) is 16.4. The summed E-state index contributed by atoms with van der Waals surface area (Å²) < 4.78 is 28.0. The van der Waals surface area contributed by atoms with Crippen molar-refractivity contribution in [2.24, 2.45) is 0 Å². The van der Waals surface area contributed by atoms with Crippen molar-refractivity contribution in [2.75, 3.05) is 44.6 Å². The van der Waals surface area contributed by atoms with Gasteiger partial charge in [0.1, 0.15) is 0 Å². The lowest BCUT2D eigenvalue weighted by molar-refractivity contribution is -0.384. The third kappa shape index (κ3) is 5.04. The van der Waals surface area contributed by atoms with Crippen molar-refractivity contribution in [3.8, 4) is 0 Å². The Balaban J connectivity index is 1.96. The van der Waals surface area contributed by atoms with E-state index in [1.807, 2.05) is 4.90 Å². The number of carbonyl (C=O) groups is 1. The molecule has 0 saturated carbocycles. The van der Waals surface area contributed by atoms with Crippen LogP contribution >= 0.6 is 0 Å². The van der Waals surface area contributed by atoms with Gasteiger partial charge in [0.2, 0.25) is 5.91 Å². The SMILES string of the molecule is CCN(CC)S(=O)(=O)N1CCN(C(C)C(=O)Nc2cccc([N+](=O)[O-])c2)CC1. The van der Waals surface area contributed by atoms with Gasteiger partial charge >= 0.3 is 0 Å². The normalized spacial score (nSPS) is 17.4. The molecule has 1 amide bonds. The van der Waals surface area contributed by atoms with E-state index >= 15 is 0 Å². The first-order valence-corrected chi connectivity index (χ1v) is 10.6. The van der Waals surface area contributed by atoms with Crippen LogP contribution in [0.2, 0.25) is 0 Å². The summed E-state index contributed by atoms with van der Waals surface area (Å²) >= 11 is 0. The molecule has 28 heavy (non-hydrogen) atoms. The summed E-state index contributed by atoms with van der Waals surface area (Å²) in [6, 6.07) is 5.27. The second-order valence-corrected chi connectivity index (χ2v) is 8.43. The lowest BCUT2D eigenvalue weighted by atomic mass is 10.2. The van der Waals surface area contributed by atoms with Crippen LogP contribution in [0.4, 0.5) is 11.4 Å². The van der Waals surface area contributed by atoms with Crippen LogP contribution in [0.1, 0.15) is 20.8 Å². The molecule has 1 unspecified atom stereocenters. The fraction of sp³-hybridized carbons (Fsp3) is 0.588. The molecule has 1 aromatic rings. The smallest absolute Gasteiger partial charge is 0.282 e. The molecular weight excluding hydrogens is 386 g/mol. The molecule has 0 aliphatic carbocycles. The highest BCUT2D eigenvalue weighted by Crippen LogP contribution is 2.18. The van der Waals surface area contributed by atoms with Gasteiger partial charge in [-0.05, 0) is 13.0 Å². The van der Waals surface area contributed by atoms with Gasteiger partial charge < -0.3 is 5.32 Å². The number of carbonyl (C=O) groups excluding carboxylic acids is 1. The zero-order valence-corrected chi connectivity index (χ0v) is 17.2. The molecule has 1 aliphatic rings. The molecule has 1 aromatic carbocycles. The van der Waals surface area contributed by atoms with Gasteiger partial charge in [0.05, 0.1) is 11.0 Å². The lowest BCUT2D eigenvalue weighted by Crippen LogP contribution is -2.56. The summed E-state index contributed by atoms with van der Waals surface area (Å²) in [5.74, 6) is -0.291. The summed E-state index contributed by atoms with van der Waals surface area (Å²) in [5.41, 5.74) is 0.259. The maximum atomic E-state index is 12.6. The van der Waals surface area contributed by atoms with Crippen molar-refractivity contribution in [1.29, 1.82) is 0 Å². The van der Waals surface area contributed by atoms with Crippen LogP contribution in [0.25, 0.3) is 0 Å². The van der Waals surface area contributed by atoms with E-state index in [2.05, 4.69) is 5.32 Å². The number of hydrogen-bond acceptors (Lipinski definition) is 6. The molecule has 1 heterocycles. The number of piperazine rings is 1. The van der Waals surface area contributed by atoms with Crippen molar-refractivity contribution in [3.63, 3.8) is 0 Å². The van der Waals surface area contributed by atoms with Crippen molar-refractivity contribution in [1.82, 2.24) is 13.5 Å². The van der Waals surface area contributed by atoms with Crippen LogP contribution in [0.5, 0.6) is 0 Å². The largest absolute Gasteiger partial charge is 0.324 e. The average molecular weight is 414 g/mol. The predicted octanol–water partition coefficient (Wildman–Crippen LogP) is 1.13. The molecule has 11 heteroatoms. The molecule has 2 rings (SSSR count). The standard InChI is InChI=1S/C17H27N5O5S/c1-4-20(5-2)28(26,27)21-11-9-19(10-12-21)14(3)17(23)18-15-7-6-8-16(13-15)22(24)25/h6-8,13-14H,4-5,9-12H2,1-3H3,(H,18,23). The molecule has 1 N–H and O–H groups in total. The summed E-state index contributed by atoms with van der Waals surface area (Å²) in [6.07, 6.45) is 0. The first-order chi connectivity index (χ1) is 13.2. The average Bonchev–Trinajstić information content (AvgIpc) is 2.68.